The molecule has 2 rings (SSSR count). The largest absolute Gasteiger partial charge is 0.374 e. The summed E-state index contributed by atoms with van der Waals surface area (Å²) < 4.78 is 0. The van der Waals surface area contributed by atoms with Gasteiger partial charge >= 0.3 is 0 Å². The van der Waals surface area contributed by atoms with E-state index in [4.69, 9.17) is 5.73 Å². The van der Waals surface area contributed by atoms with E-state index >= 15 is 0 Å². The standard InChI is InChI=1S/C15H24N2/c1-13-6-3-4-7-14(13)17(2)11-10-15(12-16)8-5-9-15/h3-4,6-7H,5,8-12,16H2,1-2H3. The molecule has 2 heteroatoms. The number of benzene rings is 1. The second kappa shape index (κ2) is 5.09. The highest BCUT2D eigenvalue weighted by Gasteiger charge is 2.35. The average molecular weight is 232 g/mol. The van der Waals surface area contributed by atoms with E-state index in [1.807, 2.05) is 0 Å². The first-order chi connectivity index (χ1) is 8.17. The number of hydrogen-bond acceptors (Lipinski definition) is 2. The molecular formula is C15H24N2. The van der Waals surface area contributed by atoms with Crippen LogP contribution in [0.25, 0.3) is 0 Å². The van der Waals surface area contributed by atoms with Crippen molar-refractivity contribution < 1.29 is 0 Å². The quantitative estimate of drug-likeness (QED) is 0.845. The number of aryl methyl sites for hydroxylation is 1. The van der Waals surface area contributed by atoms with Gasteiger partial charge in [0, 0.05) is 19.3 Å². The first-order valence-corrected chi connectivity index (χ1v) is 6.64. The van der Waals surface area contributed by atoms with Crippen LogP contribution < -0.4 is 10.6 Å². The minimum atomic E-state index is 0.455. The van der Waals surface area contributed by atoms with Gasteiger partial charge in [0.15, 0.2) is 0 Å². The van der Waals surface area contributed by atoms with Gasteiger partial charge in [0.25, 0.3) is 0 Å². The fraction of sp³-hybridized carbons (Fsp3) is 0.600. The molecule has 1 aliphatic carbocycles. The van der Waals surface area contributed by atoms with Gasteiger partial charge in [-0.05, 0) is 49.8 Å². The lowest BCUT2D eigenvalue weighted by atomic mass is 9.66. The number of rotatable bonds is 5. The molecule has 1 aromatic rings. The first-order valence-electron chi connectivity index (χ1n) is 6.64. The van der Waals surface area contributed by atoms with Crippen molar-refractivity contribution >= 4 is 5.69 Å². The summed E-state index contributed by atoms with van der Waals surface area (Å²) in [4.78, 5) is 2.37. The number of anilines is 1. The van der Waals surface area contributed by atoms with E-state index in [1.165, 1.54) is 36.9 Å². The SMILES string of the molecule is Cc1ccccc1N(C)CCC1(CN)CCC1. The molecule has 0 spiro atoms. The fourth-order valence-electron chi connectivity index (χ4n) is 2.75. The zero-order valence-electron chi connectivity index (χ0n) is 11.1. The van der Waals surface area contributed by atoms with Gasteiger partial charge in [0.05, 0.1) is 0 Å². The van der Waals surface area contributed by atoms with E-state index in [0.717, 1.165) is 13.1 Å². The molecule has 0 aromatic heterocycles. The first kappa shape index (κ1) is 12.4. The summed E-state index contributed by atoms with van der Waals surface area (Å²) in [5.74, 6) is 0. The second-order valence-corrected chi connectivity index (χ2v) is 5.52. The van der Waals surface area contributed by atoms with E-state index < -0.39 is 0 Å². The number of hydrogen-bond donors (Lipinski definition) is 1. The smallest absolute Gasteiger partial charge is 0.0393 e. The molecule has 1 aliphatic rings. The minimum Gasteiger partial charge on any atom is -0.374 e. The van der Waals surface area contributed by atoms with Gasteiger partial charge in [-0.25, -0.2) is 0 Å². The van der Waals surface area contributed by atoms with Gasteiger partial charge in [0.2, 0.25) is 0 Å². The van der Waals surface area contributed by atoms with E-state index in [9.17, 15) is 0 Å². The van der Waals surface area contributed by atoms with Crippen LogP contribution in [0.15, 0.2) is 24.3 Å². The van der Waals surface area contributed by atoms with Crippen molar-refractivity contribution in [2.24, 2.45) is 11.1 Å². The summed E-state index contributed by atoms with van der Waals surface area (Å²) in [5, 5.41) is 0. The van der Waals surface area contributed by atoms with E-state index in [2.05, 4.69) is 43.1 Å². The lowest BCUT2D eigenvalue weighted by Crippen LogP contribution is -2.40. The monoisotopic (exact) mass is 232 g/mol. The van der Waals surface area contributed by atoms with Crippen LogP contribution in [0, 0.1) is 12.3 Å². The highest BCUT2D eigenvalue weighted by Crippen LogP contribution is 2.43. The van der Waals surface area contributed by atoms with Crippen LogP contribution in [0.3, 0.4) is 0 Å². The van der Waals surface area contributed by atoms with Gasteiger partial charge in [-0.1, -0.05) is 24.6 Å². The Morgan fingerprint density at radius 2 is 2.00 bits per heavy atom. The maximum Gasteiger partial charge on any atom is 0.0393 e. The third kappa shape index (κ3) is 2.63. The van der Waals surface area contributed by atoms with Crippen molar-refractivity contribution in [1.82, 2.24) is 0 Å². The second-order valence-electron chi connectivity index (χ2n) is 5.52. The zero-order valence-corrected chi connectivity index (χ0v) is 11.1. The molecule has 1 aromatic carbocycles. The maximum absolute atomic E-state index is 5.91. The van der Waals surface area contributed by atoms with Crippen molar-refractivity contribution in [1.29, 1.82) is 0 Å². The summed E-state index contributed by atoms with van der Waals surface area (Å²) >= 11 is 0. The van der Waals surface area contributed by atoms with Gasteiger partial charge in [-0.3, -0.25) is 0 Å². The van der Waals surface area contributed by atoms with Crippen molar-refractivity contribution in [2.75, 3.05) is 25.0 Å². The molecule has 0 aliphatic heterocycles. The van der Waals surface area contributed by atoms with E-state index in [0.29, 0.717) is 5.41 Å². The molecule has 1 saturated carbocycles. The van der Waals surface area contributed by atoms with Crippen molar-refractivity contribution in [3.8, 4) is 0 Å². The minimum absolute atomic E-state index is 0.455. The van der Waals surface area contributed by atoms with Gasteiger partial charge in [-0.2, -0.15) is 0 Å². The van der Waals surface area contributed by atoms with Gasteiger partial charge in [-0.15, -0.1) is 0 Å². The molecule has 0 saturated heterocycles. The maximum atomic E-state index is 5.91. The molecule has 1 fully saturated rings. The predicted molar refractivity (Wildman–Crippen MR) is 74.4 cm³/mol. The Labute approximate surface area is 105 Å². The van der Waals surface area contributed by atoms with Crippen LogP contribution in [-0.4, -0.2) is 20.1 Å². The molecule has 2 nitrogen and oxygen atoms in total. The Morgan fingerprint density at radius 1 is 1.29 bits per heavy atom. The Kier molecular flexibility index (Phi) is 3.72. The van der Waals surface area contributed by atoms with Crippen molar-refractivity contribution in [2.45, 2.75) is 32.6 Å². The Bertz CT molecular complexity index is 363. The lowest BCUT2D eigenvalue weighted by Gasteiger charge is -2.42. The van der Waals surface area contributed by atoms with Crippen LogP contribution in [0.4, 0.5) is 5.69 Å². The van der Waals surface area contributed by atoms with E-state index in [1.54, 1.807) is 0 Å². The normalized spacial score (nSPS) is 17.6. The highest BCUT2D eigenvalue weighted by molar-refractivity contribution is 5.52. The van der Waals surface area contributed by atoms with Gasteiger partial charge < -0.3 is 10.6 Å². The Hall–Kier alpha value is -1.02. The molecule has 0 unspecified atom stereocenters. The molecule has 17 heavy (non-hydrogen) atoms. The molecule has 94 valence electrons. The third-order valence-corrected chi connectivity index (χ3v) is 4.35. The van der Waals surface area contributed by atoms with Gasteiger partial charge in [0.1, 0.15) is 0 Å². The van der Waals surface area contributed by atoms with Crippen LogP contribution in [0.5, 0.6) is 0 Å². The molecular weight excluding hydrogens is 208 g/mol. The molecule has 2 N–H and O–H groups in total. The van der Waals surface area contributed by atoms with Crippen molar-refractivity contribution in [3.05, 3.63) is 29.8 Å². The van der Waals surface area contributed by atoms with Crippen molar-refractivity contribution in [3.63, 3.8) is 0 Å². The molecule has 0 radical (unpaired) electrons. The number of nitrogens with zero attached hydrogens (tertiary/aromatic N) is 1. The Morgan fingerprint density at radius 3 is 2.53 bits per heavy atom. The van der Waals surface area contributed by atoms with E-state index in [-0.39, 0.29) is 0 Å². The summed E-state index contributed by atoms with van der Waals surface area (Å²) in [6.45, 7) is 4.14. The fourth-order valence-corrected chi connectivity index (χ4v) is 2.75. The lowest BCUT2D eigenvalue weighted by molar-refractivity contribution is 0.134. The highest BCUT2D eigenvalue weighted by atomic mass is 15.1. The van der Waals surface area contributed by atoms with Crippen LogP contribution in [0.1, 0.15) is 31.2 Å². The van der Waals surface area contributed by atoms with Crippen LogP contribution in [0.2, 0.25) is 0 Å². The van der Waals surface area contributed by atoms with Crippen LogP contribution in [-0.2, 0) is 0 Å². The molecule has 0 atom stereocenters. The summed E-state index contributed by atoms with van der Waals surface area (Å²) in [5.41, 5.74) is 9.06. The number of para-hydroxylation sites is 1. The molecule has 0 amide bonds. The summed E-state index contributed by atoms with van der Waals surface area (Å²) in [6.07, 6.45) is 5.25. The topological polar surface area (TPSA) is 29.3 Å². The Balaban J connectivity index is 1.93. The number of nitrogens with two attached hydrogens (primary N) is 1. The summed E-state index contributed by atoms with van der Waals surface area (Å²) in [7, 11) is 2.19. The predicted octanol–water partition coefficient (Wildman–Crippen LogP) is 2.95. The molecule has 0 bridgehead atoms. The van der Waals surface area contributed by atoms with Crippen LogP contribution >= 0.6 is 0 Å². The molecule has 0 heterocycles. The average Bonchev–Trinajstić information content (AvgIpc) is 2.28. The zero-order chi connectivity index (χ0) is 12.3. The third-order valence-electron chi connectivity index (χ3n) is 4.35. The summed E-state index contributed by atoms with van der Waals surface area (Å²) in [6, 6.07) is 8.58.